The lowest BCUT2D eigenvalue weighted by Gasteiger charge is -2.39. The summed E-state index contributed by atoms with van der Waals surface area (Å²) in [5, 5.41) is 11.2. The lowest BCUT2D eigenvalue weighted by Crippen LogP contribution is -2.63. The molecule has 1 aromatic carbocycles. The Balaban J connectivity index is 2.20. The number of alkyl halides is 3. The molecule has 508 valence electrons. The van der Waals surface area contributed by atoms with Gasteiger partial charge in [0.25, 0.3) is 0 Å². The van der Waals surface area contributed by atoms with Crippen LogP contribution in [0.25, 0.3) is 0 Å². The fourth-order valence-electron chi connectivity index (χ4n) is 11.3. The summed E-state index contributed by atoms with van der Waals surface area (Å²) in [7, 11) is 9.94. The number of carbonyl (C=O) groups excluding carboxylic acids is 11. The SMILES string of the molecule is CC[C@H](C)[C@@H]1NC(=O)[C@H](CC(C)C)N(C)C(=O)C[C@@H](C)N(C)C(=O)[C@H](CC(C)C)NC(=O)C(C)(C)N(C)C(=O)[C@H](CC(C)C)NC(=O)[C@H](CCc2ccc(C(F)(F)F)cc2)NC(=O)CN(C)C(=O)[C@H](CC2CCCCC2)N(C)C(=O)CN(C)C(=O)CN(C)C1=O. The molecule has 1 heterocycles. The van der Waals surface area contributed by atoms with Gasteiger partial charge in [-0.15, -0.1) is 0 Å². The smallest absolute Gasteiger partial charge is 0.343 e. The minimum absolute atomic E-state index is 0.0196. The topological polar surface area (TPSA) is 259 Å². The first kappa shape index (κ1) is 77.4. The van der Waals surface area contributed by atoms with E-state index in [4.69, 9.17) is 0 Å². The van der Waals surface area contributed by atoms with Crippen molar-refractivity contribution in [2.24, 2.45) is 29.6 Å². The summed E-state index contributed by atoms with van der Waals surface area (Å²) in [6, 6.07) is -3.66. The predicted molar refractivity (Wildman–Crippen MR) is 336 cm³/mol. The highest BCUT2D eigenvalue weighted by Crippen LogP contribution is 2.31. The van der Waals surface area contributed by atoms with E-state index in [-0.39, 0.29) is 68.6 Å². The average Bonchev–Trinajstić information content (AvgIpc) is 0.890. The molecule has 25 heteroatoms. The number of hydrogen-bond donors (Lipinski definition) is 4. The van der Waals surface area contributed by atoms with Gasteiger partial charge in [0.1, 0.15) is 41.8 Å². The third-order valence-corrected chi connectivity index (χ3v) is 17.9. The highest BCUT2D eigenvalue weighted by molar-refractivity contribution is 5.98. The van der Waals surface area contributed by atoms with Crippen molar-refractivity contribution in [3.63, 3.8) is 0 Å². The van der Waals surface area contributed by atoms with Crippen molar-refractivity contribution in [1.29, 1.82) is 0 Å². The fraction of sp³-hybridized carbons (Fsp3) is 0.738. The molecule has 0 spiro atoms. The quantitative estimate of drug-likeness (QED) is 0.198. The Labute approximate surface area is 532 Å². The molecule has 0 aromatic heterocycles. The monoisotopic (exact) mass is 1270 g/mol. The van der Waals surface area contributed by atoms with Gasteiger partial charge < -0.3 is 55.6 Å². The summed E-state index contributed by atoms with van der Waals surface area (Å²) < 4.78 is 40.7. The zero-order chi connectivity index (χ0) is 68.4. The fourth-order valence-corrected chi connectivity index (χ4v) is 11.3. The number of nitrogens with zero attached hydrogens (tertiary/aromatic N) is 7. The molecule has 0 unspecified atom stereocenters. The second-order valence-corrected chi connectivity index (χ2v) is 27.1. The number of benzene rings is 1. The Hall–Kier alpha value is -6.82. The van der Waals surface area contributed by atoms with E-state index >= 15 is 0 Å². The summed E-state index contributed by atoms with van der Waals surface area (Å²) in [5.41, 5.74) is -2.17. The number of aryl methyl sites for hydroxylation is 1. The van der Waals surface area contributed by atoms with Gasteiger partial charge in [-0.05, 0) is 107 Å². The van der Waals surface area contributed by atoms with Crippen LogP contribution >= 0.6 is 0 Å². The number of carbonyl (C=O) groups is 11. The first-order valence-electron chi connectivity index (χ1n) is 31.9. The maximum Gasteiger partial charge on any atom is 0.416 e. The van der Waals surface area contributed by atoms with E-state index in [1.54, 1.807) is 13.8 Å². The summed E-state index contributed by atoms with van der Waals surface area (Å²) in [6.07, 6.45) is 0.405. The summed E-state index contributed by atoms with van der Waals surface area (Å²) >= 11 is 0. The lowest BCUT2D eigenvalue weighted by atomic mass is 9.84. The van der Waals surface area contributed by atoms with Crippen molar-refractivity contribution in [3.05, 3.63) is 35.4 Å². The number of rotatable bonds is 13. The number of amides is 11. The van der Waals surface area contributed by atoms with Crippen molar-refractivity contribution < 1.29 is 65.9 Å². The second-order valence-electron chi connectivity index (χ2n) is 27.1. The van der Waals surface area contributed by atoms with E-state index < -0.39 is 150 Å². The standard InChI is InChI=1S/C65H106F3N11O11/c1-19-42(8)56-62(89)75(14)37-54(82)73(12)38-55(83)78(17)51(35-45-23-21-20-22-24-45)61(88)74(13)36-52(80)69-47(30-27-44-25-28-46(29-26-44)65(66,67)68)57(84)70-49(32-40(4)5)60(87)79(18)64(10,11)63(90)71-48(31-39(2)3)59(86)76(15)43(9)34-53(81)77(16)50(33-41(6)7)58(85)72-56/h25-26,28-29,39-43,45,47-51,56H,19-24,27,30-38H2,1-18H3,(H,69,80)(H,70,84)(H,71,90)(H,72,85)/t42-,43+,47-,48-,49-,50-,51-,56-/m0/s1. The van der Waals surface area contributed by atoms with Crippen LogP contribution in [0.4, 0.5) is 13.2 Å². The molecule has 2 aliphatic rings. The van der Waals surface area contributed by atoms with E-state index in [2.05, 4.69) is 21.3 Å². The Morgan fingerprint density at radius 2 is 1.08 bits per heavy atom. The average molecular weight is 1270 g/mol. The summed E-state index contributed by atoms with van der Waals surface area (Å²) in [6.45, 7) is 17.7. The van der Waals surface area contributed by atoms with Crippen molar-refractivity contribution in [3.8, 4) is 0 Å². The van der Waals surface area contributed by atoms with Gasteiger partial charge in [0.2, 0.25) is 65.0 Å². The van der Waals surface area contributed by atoms with Gasteiger partial charge >= 0.3 is 6.18 Å². The molecule has 0 bridgehead atoms. The van der Waals surface area contributed by atoms with Gasteiger partial charge in [0.05, 0.1) is 25.2 Å². The lowest BCUT2D eigenvalue weighted by molar-refractivity contribution is -0.149. The number of nitrogens with one attached hydrogen (secondary N) is 4. The predicted octanol–water partition coefficient (Wildman–Crippen LogP) is 5.25. The molecular weight excluding hydrogens is 1170 g/mol. The van der Waals surface area contributed by atoms with Crippen LogP contribution in [0.1, 0.15) is 164 Å². The van der Waals surface area contributed by atoms with Crippen LogP contribution in [0.15, 0.2) is 24.3 Å². The van der Waals surface area contributed by atoms with Crippen LogP contribution in [0.2, 0.25) is 0 Å². The Morgan fingerprint density at radius 1 is 0.556 bits per heavy atom. The van der Waals surface area contributed by atoms with Gasteiger partial charge in [-0.25, -0.2) is 0 Å². The Bertz CT molecular complexity index is 2650. The molecule has 22 nitrogen and oxygen atoms in total. The van der Waals surface area contributed by atoms with Crippen LogP contribution in [-0.4, -0.2) is 216 Å². The minimum atomic E-state index is -4.61. The normalized spacial score (nSPS) is 25.0. The summed E-state index contributed by atoms with van der Waals surface area (Å²) in [5.74, 6) is -8.06. The van der Waals surface area contributed by atoms with Gasteiger partial charge in [-0.3, -0.25) is 52.7 Å². The maximum absolute atomic E-state index is 14.8. The van der Waals surface area contributed by atoms with E-state index in [0.29, 0.717) is 12.0 Å². The Kier molecular flexibility index (Phi) is 29.7. The molecule has 11 amide bonds. The first-order valence-corrected chi connectivity index (χ1v) is 31.9. The van der Waals surface area contributed by atoms with Crippen molar-refractivity contribution in [2.45, 2.75) is 214 Å². The van der Waals surface area contributed by atoms with Gasteiger partial charge in [-0.2, -0.15) is 13.2 Å². The van der Waals surface area contributed by atoms with Crippen LogP contribution < -0.4 is 21.3 Å². The molecule has 2 fully saturated rings. The van der Waals surface area contributed by atoms with Crippen molar-refractivity contribution >= 4 is 65.0 Å². The van der Waals surface area contributed by atoms with Crippen molar-refractivity contribution in [2.75, 3.05) is 69.0 Å². The molecule has 1 aliphatic heterocycles. The molecule has 1 aliphatic carbocycles. The third-order valence-electron chi connectivity index (χ3n) is 17.9. The van der Waals surface area contributed by atoms with Crippen LogP contribution in [0.3, 0.4) is 0 Å². The maximum atomic E-state index is 14.8. The molecule has 1 saturated heterocycles. The third kappa shape index (κ3) is 22.5. The largest absolute Gasteiger partial charge is 0.416 e. The minimum Gasteiger partial charge on any atom is -0.343 e. The number of likely N-dealkylation sites (N-methyl/N-ethyl adjacent to an activating group) is 7. The first-order chi connectivity index (χ1) is 41.7. The molecule has 1 aromatic rings. The van der Waals surface area contributed by atoms with Gasteiger partial charge in [0, 0.05) is 61.8 Å². The van der Waals surface area contributed by atoms with E-state index in [1.807, 2.05) is 48.5 Å². The van der Waals surface area contributed by atoms with Crippen LogP contribution in [-0.2, 0) is 65.3 Å². The zero-order valence-electron chi connectivity index (χ0n) is 56.8. The zero-order valence-corrected chi connectivity index (χ0v) is 56.8. The van der Waals surface area contributed by atoms with E-state index in [1.165, 1.54) is 90.0 Å². The molecule has 0 radical (unpaired) electrons. The molecule has 8 atom stereocenters. The highest BCUT2D eigenvalue weighted by atomic mass is 19.4. The van der Waals surface area contributed by atoms with Crippen LogP contribution in [0, 0.1) is 29.6 Å². The molecule has 3 rings (SSSR count). The molecular formula is C65H106F3N11O11. The van der Waals surface area contributed by atoms with E-state index in [9.17, 15) is 65.9 Å². The van der Waals surface area contributed by atoms with E-state index in [0.717, 1.165) is 63.8 Å². The Morgan fingerprint density at radius 3 is 1.61 bits per heavy atom. The second kappa shape index (κ2) is 34.6. The molecule has 1 saturated carbocycles. The van der Waals surface area contributed by atoms with Gasteiger partial charge in [-0.1, -0.05) is 106 Å². The molecule has 4 N–H and O–H groups in total. The summed E-state index contributed by atoms with van der Waals surface area (Å²) in [4.78, 5) is 167. The van der Waals surface area contributed by atoms with Crippen LogP contribution in [0.5, 0.6) is 0 Å². The molecule has 90 heavy (non-hydrogen) atoms. The number of halogens is 3. The number of hydrogen-bond acceptors (Lipinski definition) is 11. The van der Waals surface area contributed by atoms with Gasteiger partial charge in [0.15, 0.2) is 0 Å². The van der Waals surface area contributed by atoms with Crippen molar-refractivity contribution in [1.82, 2.24) is 55.6 Å². The highest BCUT2D eigenvalue weighted by Gasteiger charge is 2.43.